The van der Waals surface area contributed by atoms with E-state index in [0.29, 0.717) is 10.7 Å². The van der Waals surface area contributed by atoms with E-state index in [2.05, 4.69) is 52.2 Å². The van der Waals surface area contributed by atoms with E-state index in [0.717, 1.165) is 39.6 Å². The maximum Gasteiger partial charge on any atom is 0.338 e. The van der Waals surface area contributed by atoms with Crippen LogP contribution in [-0.4, -0.2) is 60.1 Å². The lowest BCUT2D eigenvalue weighted by molar-refractivity contribution is -0.150. The number of ether oxygens (including phenoxy) is 1. The van der Waals surface area contributed by atoms with E-state index < -0.39 is 45.0 Å². The zero-order chi connectivity index (χ0) is 47.1. The Hall–Kier alpha value is -7.46. The highest BCUT2D eigenvalue weighted by molar-refractivity contribution is 8.00. The van der Waals surface area contributed by atoms with Gasteiger partial charge in [-0.15, -0.1) is 23.1 Å². The van der Waals surface area contributed by atoms with E-state index in [1.807, 2.05) is 122 Å². The number of nitrogens with one attached hydrogen (secondary N) is 2. The minimum Gasteiger partial charge on any atom is -0.465 e. The van der Waals surface area contributed by atoms with Crippen LogP contribution in [0.3, 0.4) is 0 Å². The molecule has 2 atom stereocenters. The van der Waals surface area contributed by atoms with Crippen molar-refractivity contribution in [2.75, 3.05) is 18.2 Å². The second-order valence-electron chi connectivity index (χ2n) is 15.8. The molecule has 68 heavy (non-hydrogen) atoms. The molecule has 6 aromatic carbocycles. The van der Waals surface area contributed by atoms with Crippen LogP contribution in [0, 0.1) is 6.92 Å². The summed E-state index contributed by atoms with van der Waals surface area (Å²) in [7, 11) is -2.81. The lowest BCUT2D eigenvalue weighted by atomic mass is 9.77. The second-order valence-corrected chi connectivity index (χ2v) is 19.3. The smallest absolute Gasteiger partial charge is 0.338 e. The predicted octanol–water partition coefficient (Wildman–Crippen LogP) is 9.54. The van der Waals surface area contributed by atoms with Gasteiger partial charge in [-0.1, -0.05) is 175 Å². The zero-order valence-corrected chi connectivity index (χ0v) is 39.3. The molecule has 0 bridgehead atoms. The zero-order valence-electron chi connectivity index (χ0n) is 36.8. The number of nitrogens with zero attached hydrogens (tertiary/aromatic N) is 3. The number of allylic oxidation sites excluding steroid dienone is 1. The number of amides is 2. The molecule has 1 fully saturated rings. The molecule has 1 saturated heterocycles. The summed E-state index contributed by atoms with van der Waals surface area (Å²) in [6.07, 6.45) is 1.93. The van der Waals surface area contributed by atoms with E-state index in [9.17, 15) is 18.0 Å². The quantitative estimate of drug-likeness (QED) is 0.0226. The van der Waals surface area contributed by atoms with Gasteiger partial charge in [-0.25, -0.2) is 4.98 Å². The molecule has 0 spiro atoms. The van der Waals surface area contributed by atoms with Gasteiger partial charge in [0.15, 0.2) is 16.9 Å². The van der Waals surface area contributed by atoms with Crippen LogP contribution in [0.2, 0.25) is 0 Å². The van der Waals surface area contributed by atoms with Crippen molar-refractivity contribution in [2.45, 2.75) is 34.9 Å². The number of carbonyl (C=O) groups excluding carboxylic acids is 2. The number of thioether (sulfide) groups is 1. The highest BCUT2D eigenvalue weighted by atomic mass is 32.2. The van der Waals surface area contributed by atoms with Crippen molar-refractivity contribution in [3.05, 3.63) is 244 Å². The Labute approximate surface area is 403 Å². The number of fused-ring (bicyclic) bond motifs is 1. The molecule has 1 aromatic heterocycles. The summed E-state index contributed by atoms with van der Waals surface area (Å²) in [6.45, 7) is 1.86. The molecule has 7 aromatic rings. The summed E-state index contributed by atoms with van der Waals surface area (Å²) >= 11 is 2.68. The average molecular weight is 960 g/mol. The molecule has 2 amide bonds. The number of aryl methyl sites for hydroxylation is 1. The number of thiazole rings is 1. The minimum atomic E-state index is -4.14. The Morgan fingerprint density at radius 2 is 1.32 bits per heavy atom. The Kier molecular flexibility index (Phi) is 13.6. The van der Waals surface area contributed by atoms with Crippen LogP contribution in [0.25, 0.3) is 0 Å². The van der Waals surface area contributed by atoms with Crippen molar-refractivity contribution in [2.24, 2.45) is 5.16 Å². The van der Waals surface area contributed by atoms with Crippen molar-refractivity contribution in [1.29, 1.82) is 0 Å². The van der Waals surface area contributed by atoms with Gasteiger partial charge in [0.25, 0.3) is 11.8 Å². The molecular formula is C53H45N5O7S3. The van der Waals surface area contributed by atoms with Crippen LogP contribution < -0.4 is 10.6 Å². The van der Waals surface area contributed by atoms with E-state index >= 15 is 0 Å². The maximum atomic E-state index is 14.4. The molecular weight excluding hydrogens is 915 g/mol. The number of aromatic nitrogens is 1. The molecule has 342 valence electrons. The molecule has 15 heteroatoms. The highest BCUT2D eigenvalue weighted by Gasteiger charge is 2.54. The van der Waals surface area contributed by atoms with Crippen LogP contribution in [0.1, 0.15) is 45.2 Å². The molecule has 2 unspecified atom stereocenters. The summed E-state index contributed by atoms with van der Waals surface area (Å²) < 4.78 is 38.5. The number of β-lactam (4-membered cyclic amide) rings is 1. The minimum absolute atomic E-state index is 0.00203. The Bertz CT molecular complexity index is 2950. The third-order valence-corrected chi connectivity index (χ3v) is 14.8. The average Bonchev–Trinajstić information content (AvgIpc) is 3.85. The van der Waals surface area contributed by atoms with Gasteiger partial charge in [0.2, 0.25) is 5.88 Å². The van der Waals surface area contributed by atoms with Gasteiger partial charge < -0.3 is 24.4 Å². The number of benzene rings is 6. The van der Waals surface area contributed by atoms with Crippen LogP contribution in [-0.2, 0) is 39.0 Å². The van der Waals surface area contributed by atoms with Gasteiger partial charge in [0, 0.05) is 16.7 Å². The Balaban J connectivity index is 0.996. The number of hydrogen-bond donors (Lipinski definition) is 2. The molecule has 12 nitrogen and oxygen atoms in total. The summed E-state index contributed by atoms with van der Waals surface area (Å²) in [5.41, 5.74) is 5.24. The van der Waals surface area contributed by atoms with Gasteiger partial charge in [-0.05, 0) is 52.9 Å². The van der Waals surface area contributed by atoms with Crippen molar-refractivity contribution >= 4 is 55.9 Å². The molecule has 3 heterocycles. The number of carbonyl (C=O) groups is 2. The largest absolute Gasteiger partial charge is 0.465 e. The maximum absolute atomic E-state index is 14.4. The van der Waals surface area contributed by atoms with Crippen molar-refractivity contribution in [3.63, 3.8) is 0 Å². The fourth-order valence-electron chi connectivity index (χ4n) is 8.15. The molecule has 0 radical (unpaired) electrons. The van der Waals surface area contributed by atoms with Gasteiger partial charge in [0.1, 0.15) is 40.9 Å². The van der Waals surface area contributed by atoms with Gasteiger partial charge >= 0.3 is 10.1 Å². The van der Waals surface area contributed by atoms with Crippen molar-refractivity contribution in [3.8, 4) is 0 Å². The molecule has 2 aliphatic rings. The lowest BCUT2D eigenvalue weighted by Gasteiger charge is -2.50. The topological polar surface area (TPSA) is 149 Å². The third-order valence-electron chi connectivity index (χ3n) is 11.5. The summed E-state index contributed by atoms with van der Waals surface area (Å²) in [5.74, 6) is -0.626. The summed E-state index contributed by atoms with van der Waals surface area (Å²) in [5, 5.41) is 12.4. The first-order valence-corrected chi connectivity index (χ1v) is 24.9. The van der Waals surface area contributed by atoms with Gasteiger partial charge in [0.05, 0.1) is 0 Å². The number of hydrogen-bond acceptors (Lipinski definition) is 12. The fourth-order valence-corrected chi connectivity index (χ4v) is 11.0. The van der Waals surface area contributed by atoms with Crippen LogP contribution >= 0.6 is 23.1 Å². The number of rotatable bonds is 17. The predicted molar refractivity (Wildman–Crippen MR) is 265 cm³/mol. The first kappa shape index (κ1) is 45.7. The van der Waals surface area contributed by atoms with Crippen LogP contribution in [0.15, 0.2) is 215 Å². The van der Waals surface area contributed by atoms with E-state index in [1.165, 1.54) is 53.3 Å². The normalized spacial score (nSPS) is 16.2. The van der Waals surface area contributed by atoms with Gasteiger partial charge in [-0.3, -0.25) is 14.5 Å². The second kappa shape index (κ2) is 20.2. The first-order chi connectivity index (χ1) is 33.2. The van der Waals surface area contributed by atoms with E-state index in [-0.39, 0.29) is 27.9 Å². The fraction of sp³-hybridized carbons (Fsp3) is 0.132. The number of oxime groups is 1. The lowest BCUT2D eigenvalue weighted by Crippen LogP contribution is -2.70. The third kappa shape index (κ3) is 9.41. The molecule has 9 rings (SSSR count). The highest BCUT2D eigenvalue weighted by Crippen LogP contribution is 2.44. The van der Waals surface area contributed by atoms with Crippen LogP contribution in [0.5, 0.6) is 0 Å². The molecule has 2 aliphatic heterocycles. The monoisotopic (exact) mass is 959 g/mol. The van der Waals surface area contributed by atoms with E-state index in [4.69, 9.17) is 18.7 Å². The van der Waals surface area contributed by atoms with E-state index in [1.54, 1.807) is 17.5 Å². The molecule has 0 aliphatic carbocycles. The first-order valence-electron chi connectivity index (χ1n) is 21.6. The SMILES string of the molecule is CON=C(C(=O)NC1C(=O)N2C(OC(c3ccccc3)c3ccccc3)=C(C=COS(=O)(=O)c3ccc(C)cc3)CSC12)c1csc(NC(c2ccccc2)(c2ccccc2)c2ccccc2)n1. The Morgan fingerprint density at radius 3 is 1.85 bits per heavy atom. The number of anilines is 1. The summed E-state index contributed by atoms with van der Waals surface area (Å²) in [6, 6.07) is 54.8. The van der Waals surface area contributed by atoms with Gasteiger partial charge in [-0.2, -0.15) is 8.42 Å². The molecule has 2 N–H and O–H groups in total. The van der Waals surface area contributed by atoms with Crippen molar-refractivity contribution < 1.29 is 31.8 Å². The standard InChI is InChI=1S/C53H45N5O7S3/c1-36-28-30-43(31-29-36)68(61,62)64-33-32-39-34-66-51-46(49(60)58(51)50(39)65-47(37-18-8-3-9-19-37)38-20-10-4-11-21-38)55-48(59)45(57-63-2)44-35-67-52(54-44)56-53(40-22-12-5-13-23-40,41-24-14-6-15-25-41)42-26-16-7-17-27-42/h3-33,35,46-47,51H,34H2,1-2H3,(H,54,56)(H,55,59). The Morgan fingerprint density at radius 1 is 0.794 bits per heavy atom. The van der Waals surface area contributed by atoms with Crippen molar-refractivity contribution in [1.82, 2.24) is 15.2 Å². The van der Waals surface area contributed by atoms with Crippen LogP contribution in [0.4, 0.5) is 5.13 Å². The molecule has 0 saturated carbocycles. The summed E-state index contributed by atoms with van der Waals surface area (Å²) in [4.78, 5) is 40.3.